The van der Waals surface area contributed by atoms with Crippen LogP contribution in [0, 0.1) is 28.5 Å². The van der Waals surface area contributed by atoms with E-state index in [1.54, 1.807) is 6.07 Å². The van der Waals surface area contributed by atoms with Gasteiger partial charge in [0.15, 0.2) is 0 Å². The summed E-state index contributed by atoms with van der Waals surface area (Å²) in [5.41, 5.74) is 1.25. The number of nitrogens with zero attached hydrogens (tertiary/aromatic N) is 2. The Labute approximate surface area is 114 Å². The third kappa shape index (κ3) is 2.89. The molecule has 2 nitrogen and oxygen atoms in total. The largest absolute Gasteiger partial charge is 0.370 e. The molecule has 3 heteroatoms. The highest BCUT2D eigenvalue weighted by Crippen LogP contribution is 2.36. The normalized spacial score (nSPS) is 17.3. The summed E-state index contributed by atoms with van der Waals surface area (Å²) in [4.78, 5) is 2.14. The van der Waals surface area contributed by atoms with Gasteiger partial charge in [-0.15, -0.1) is 0 Å². The van der Waals surface area contributed by atoms with Gasteiger partial charge in [0.25, 0.3) is 0 Å². The Balaban J connectivity index is 2.15. The van der Waals surface area contributed by atoms with E-state index in [2.05, 4.69) is 25.7 Å². The summed E-state index contributed by atoms with van der Waals surface area (Å²) < 4.78 is 13.6. The number of nitriles is 1. The molecular formula is C16H21FN2. The van der Waals surface area contributed by atoms with Gasteiger partial charge in [-0.3, -0.25) is 0 Å². The molecule has 1 saturated heterocycles. The van der Waals surface area contributed by atoms with Crippen molar-refractivity contribution < 1.29 is 4.39 Å². The van der Waals surface area contributed by atoms with Crippen LogP contribution in [0.4, 0.5) is 10.1 Å². The molecule has 0 unspecified atom stereocenters. The summed E-state index contributed by atoms with van der Waals surface area (Å²) in [7, 11) is 0. The van der Waals surface area contributed by atoms with Crippen LogP contribution in [-0.2, 0) is 0 Å². The molecule has 2 rings (SSSR count). The molecule has 102 valence electrons. The fourth-order valence-electron chi connectivity index (χ4n) is 2.87. The standard InChI is InChI=1S/C16H21FN2/c1-16(2,3)12-7-9-19(10-8-12)15-6-4-5-14(17)13(15)11-18/h4-6,12H,7-10H2,1-3H3. The lowest BCUT2D eigenvalue weighted by molar-refractivity contribution is 0.199. The molecule has 19 heavy (non-hydrogen) atoms. The van der Waals surface area contributed by atoms with Gasteiger partial charge in [0.1, 0.15) is 17.4 Å². The Bertz CT molecular complexity index is 488. The number of halogens is 1. The molecule has 1 aliphatic heterocycles. The summed E-state index contributed by atoms with van der Waals surface area (Å²) in [5.74, 6) is 0.279. The Hall–Kier alpha value is -1.56. The molecule has 0 N–H and O–H groups in total. The van der Waals surface area contributed by atoms with E-state index in [0.29, 0.717) is 11.3 Å². The minimum Gasteiger partial charge on any atom is -0.370 e. The molecule has 1 fully saturated rings. The molecule has 1 aromatic carbocycles. The predicted octanol–water partition coefficient (Wildman–Crippen LogP) is 3.96. The first-order chi connectivity index (χ1) is 8.93. The number of rotatable bonds is 1. The van der Waals surface area contributed by atoms with Gasteiger partial charge in [-0.05, 0) is 36.3 Å². The number of benzene rings is 1. The van der Waals surface area contributed by atoms with Gasteiger partial charge in [0.2, 0.25) is 0 Å². The average molecular weight is 260 g/mol. The Morgan fingerprint density at radius 1 is 1.26 bits per heavy atom. The first kappa shape index (κ1) is 13.9. The molecular weight excluding hydrogens is 239 g/mol. The summed E-state index contributed by atoms with van der Waals surface area (Å²) in [6.45, 7) is 8.63. The second kappa shape index (κ2) is 5.21. The van der Waals surface area contributed by atoms with E-state index in [1.807, 2.05) is 12.1 Å². The molecule has 0 radical (unpaired) electrons. The van der Waals surface area contributed by atoms with E-state index < -0.39 is 5.82 Å². The zero-order valence-corrected chi connectivity index (χ0v) is 11.9. The van der Waals surface area contributed by atoms with Gasteiger partial charge in [-0.2, -0.15) is 5.26 Å². The highest BCUT2D eigenvalue weighted by Gasteiger charge is 2.29. The topological polar surface area (TPSA) is 27.0 Å². The maximum Gasteiger partial charge on any atom is 0.143 e. The Kier molecular flexibility index (Phi) is 3.80. The van der Waals surface area contributed by atoms with Crippen LogP contribution in [0.3, 0.4) is 0 Å². The van der Waals surface area contributed by atoms with Crippen molar-refractivity contribution in [2.24, 2.45) is 11.3 Å². The third-order valence-electron chi connectivity index (χ3n) is 4.16. The molecule has 0 aliphatic carbocycles. The second-order valence-electron chi connectivity index (χ2n) is 6.37. The molecule has 1 heterocycles. The van der Waals surface area contributed by atoms with Crippen molar-refractivity contribution >= 4 is 5.69 Å². The Morgan fingerprint density at radius 2 is 1.89 bits per heavy atom. The first-order valence-corrected chi connectivity index (χ1v) is 6.87. The average Bonchev–Trinajstić information content (AvgIpc) is 2.37. The molecule has 0 bridgehead atoms. The van der Waals surface area contributed by atoms with Crippen LogP contribution in [0.25, 0.3) is 0 Å². The Morgan fingerprint density at radius 3 is 2.42 bits per heavy atom. The predicted molar refractivity (Wildman–Crippen MR) is 75.5 cm³/mol. The van der Waals surface area contributed by atoms with Crippen molar-refractivity contribution in [3.8, 4) is 6.07 Å². The maximum absolute atomic E-state index is 13.6. The molecule has 0 amide bonds. The zero-order chi connectivity index (χ0) is 14.0. The molecule has 1 aromatic rings. The lowest BCUT2D eigenvalue weighted by atomic mass is 9.75. The minimum atomic E-state index is -0.419. The number of hydrogen-bond acceptors (Lipinski definition) is 2. The number of hydrogen-bond donors (Lipinski definition) is 0. The number of piperidine rings is 1. The van der Waals surface area contributed by atoms with Crippen LogP contribution in [0.5, 0.6) is 0 Å². The van der Waals surface area contributed by atoms with Crippen molar-refractivity contribution in [2.75, 3.05) is 18.0 Å². The van der Waals surface area contributed by atoms with E-state index in [9.17, 15) is 4.39 Å². The van der Waals surface area contributed by atoms with Gasteiger partial charge in [-0.25, -0.2) is 4.39 Å². The van der Waals surface area contributed by atoms with Gasteiger partial charge >= 0.3 is 0 Å². The number of anilines is 1. The van der Waals surface area contributed by atoms with Crippen molar-refractivity contribution in [3.05, 3.63) is 29.6 Å². The summed E-state index contributed by atoms with van der Waals surface area (Å²) in [6, 6.07) is 6.87. The van der Waals surface area contributed by atoms with E-state index in [4.69, 9.17) is 5.26 Å². The van der Waals surface area contributed by atoms with Crippen LogP contribution in [-0.4, -0.2) is 13.1 Å². The zero-order valence-electron chi connectivity index (χ0n) is 11.9. The molecule has 0 spiro atoms. The maximum atomic E-state index is 13.6. The molecule has 1 aliphatic rings. The molecule has 0 saturated carbocycles. The summed E-state index contributed by atoms with van der Waals surface area (Å²) >= 11 is 0. The highest BCUT2D eigenvalue weighted by molar-refractivity contribution is 5.60. The van der Waals surface area contributed by atoms with Gasteiger partial charge < -0.3 is 4.90 Å². The molecule has 0 aromatic heterocycles. The minimum absolute atomic E-state index is 0.178. The van der Waals surface area contributed by atoms with E-state index >= 15 is 0 Å². The van der Waals surface area contributed by atoms with Gasteiger partial charge in [0, 0.05) is 13.1 Å². The fraction of sp³-hybridized carbons (Fsp3) is 0.562. The molecule has 0 atom stereocenters. The van der Waals surface area contributed by atoms with Crippen LogP contribution in [0.1, 0.15) is 39.2 Å². The monoisotopic (exact) mass is 260 g/mol. The highest BCUT2D eigenvalue weighted by atomic mass is 19.1. The third-order valence-corrected chi connectivity index (χ3v) is 4.16. The van der Waals surface area contributed by atoms with Gasteiger partial charge in [0.05, 0.1) is 5.69 Å². The summed E-state index contributed by atoms with van der Waals surface area (Å²) in [6.07, 6.45) is 2.20. The van der Waals surface area contributed by atoms with Crippen LogP contribution < -0.4 is 4.90 Å². The van der Waals surface area contributed by atoms with Gasteiger partial charge in [-0.1, -0.05) is 26.8 Å². The quantitative estimate of drug-likeness (QED) is 0.764. The van der Waals surface area contributed by atoms with Crippen molar-refractivity contribution in [1.82, 2.24) is 0 Å². The van der Waals surface area contributed by atoms with Crippen molar-refractivity contribution in [1.29, 1.82) is 5.26 Å². The summed E-state index contributed by atoms with van der Waals surface area (Å²) in [5, 5.41) is 9.09. The van der Waals surface area contributed by atoms with Crippen molar-refractivity contribution in [3.63, 3.8) is 0 Å². The smallest absolute Gasteiger partial charge is 0.143 e. The second-order valence-corrected chi connectivity index (χ2v) is 6.37. The lowest BCUT2D eigenvalue weighted by Crippen LogP contribution is -2.38. The van der Waals surface area contributed by atoms with E-state index in [-0.39, 0.29) is 5.56 Å². The van der Waals surface area contributed by atoms with Crippen LogP contribution >= 0.6 is 0 Å². The van der Waals surface area contributed by atoms with Crippen molar-refractivity contribution in [2.45, 2.75) is 33.6 Å². The van der Waals surface area contributed by atoms with Crippen LogP contribution in [0.2, 0.25) is 0 Å². The van der Waals surface area contributed by atoms with Crippen LogP contribution in [0.15, 0.2) is 18.2 Å². The first-order valence-electron chi connectivity index (χ1n) is 6.87. The van der Waals surface area contributed by atoms with E-state index in [0.717, 1.165) is 31.6 Å². The fourth-order valence-corrected chi connectivity index (χ4v) is 2.87. The lowest BCUT2D eigenvalue weighted by Gasteiger charge is -2.40. The van der Waals surface area contributed by atoms with E-state index in [1.165, 1.54) is 6.07 Å². The SMILES string of the molecule is CC(C)(C)C1CCN(c2cccc(F)c2C#N)CC1.